The summed E-state index contributed by atoms with van der Waals surface area (Å²) >= 11 is 0. The van der Waals surface area contributed by atoms with Crippen molar-refractivity contribution in [2.24, 2.45) is 0 Å². The summed E-state index contributed by atoms with van der Waals surface area (Å²) in [6.45, 7) is 1.89. The van der Waals surface area contributed by atoms with Crippen molar-refractivity contribution in [1.29, 1.82) is 0 Å². The van der Waals surface area contributed by atoms with Crippen LogP contribution in [0, 0.1) is 6.92 Å². The van der Waals surface area contributed by atoms with Crippen molar-refractivity contribution in [2.45, 2.75) is 6.92 Å². The molecule has 3 heterocycles. The zero-order chi connectivity index (χ0) is 16.7. The molecule has 8 heteroatoms. The van der Waals surface area contributed by atoms with Gasteiger partial charge in [-0.25, -0.2) is 15.0 Å². The van der Waals surface area contributed by atoms with Crippen LogP contribution in [-0.4, -0.2) is 44.2 Å². The molecular formula is C16H15N7O. The summed E-state index contributed by atoms with van der Waals surface area (Å²) in [5.41, 5.74) is 4.18. The molecule has 1 N–H and O–H groups in total. The lowest BCUT2D eigenvalue weighted by atomic mass is 10.2. The first-order valence-corrected chi connectivity index (χ1v) is 7.40. The fraction of sp³-hybridized carbons (Fsp3) is 0.188. The summed E-state index contributed by atoms with van der Waals surface area (Å²) in [6.07, 6.45) is 3.36. The first kappa shape index (κ1) is 14.3. The maximum atomic E-state index is 5.40. The zero-order valence-corrected chi connectivity index (χ0v) is 13.5. The number of H-pyrrole nitrogens is 1. The first-order chi connectivity index (χ1) is 11.6. The number of nitrogens with zero attached hydrogens (tertiary/aromatic N) is 6. The number of benzene rings is 1. The Morgan fingerprint density at radius 1 is 1.12 bits per heavy atom. The van der Waals surface area contributed by atoms with Crippen LogP contribution in [0.1, 0.15) is 5.69 Å². The fourth-order valence-corrected chi connectivity index (χ4v) is 2.41. The lowest BCUT2D eigenvalue weighted by molar-refractivity contribution is 0.431. The number of aromatic nitrogens is 6. The summed E-state index contributed by atoms with van der Waals surface area (Å²) < 4.78 is 5.40. The molecule has 0 amide bonds. The van der Waals surface area contributed by atoms with Crippen molar-refractivity contribution >= 4 is 17.0 Å². The summed E-state index contributed by atoms with van der Waals surface area (Å²) in [7, 11) is 3.79. The number of aromatic amines is 1. The molecule has 0 saturated heterocycles. The Balaban J connectivity index is 1.72. The number of nitrogens with one attached hydrogen (secondary N) is 1. The van der Waals surface area contributed by atoms with E-state index in [-0.39, 0.29) is 0 Å². The van der Waals surface area contributed by atoms with Crippen molar-refractivity contribution in [2.75, 3.05) is 19.0 Å². The van der Waals surface area contributed by atoms with E-state index in [1.165, 1.54) is 0 Å². The minimum Gasteiger partial charge on any atom is -0.347 e. The SMILES string of the molecule is Cc1nc(N(C)C)ncc1-c1nc(-c2ccc3nc[nH]c3c2)no1. The lowest BCUT2D eigenvalue weighted by Crippen LogP contribution is -2.13. The molecule has 0 aliphatic carbocycles. The Kier molecular flexibility index (Phi) is 3.23. The second-order valence-corrected chi connectivity index (χ2v) is 5.62. The summed E-state index contributed by atoms with van der Waals surface area (Å²) in [5, 5.41) is 4.07. The van der Waals surface area contributed by atoms with Gasteiger partial charge in [-0.05, 0) is 25.1 Å². The molecule has 0 radical (unpaired) electrons. The van der Waals surface area contributed by atoms with Crippen molar-refractivity contribution < 1.29 is 4.52 Å². The molecule has 24 heavy (non-hydrogen) atoms. The predicted octanol–water partition coefficient (Wildman–Crippen LogP) is 2.44. The van der Waals surface area contributed by atoms with Crippen LogP contribution < -0.4 is 4.90 Å². The van der Waals surface area contributed by atoms with E-state index in [0.717, 1.165) is 27.9 Å². The smallest absolute Gasteiger partial charge is 0.261 e. The Bertz CT molecular complexity index is 1020. The standard InChI is InChI=1S/C16H15N7O/c1-9-11(7-17-16(20-9)23(2)3)15-21-14(22-24-15)10-4-5-12-13(6-10)19-8-18-12/h4-8H,1-3H3,(H,18,19). The molecule has 0 aliphatic rings. The van der Waals surface area contributed by atoms with Gasteiger partial charge in [0.25, 0.3) is 5.89 Å². The Labute approximate surface area is 137 Å². The quantitative estimate of drug-likeness (QED) is 0.619. The number of hydrogen-bond donors (Lipinski definition) is 1. The monoisotopic (exact) mass is 321 g/mol. The molecule has 0 atom stereocenters. The summed E-state index contributed by atoms with van der Waals surface area (Å²) in [4.78, 5) is 22.3. The molecular weight excluding hydrogens is 306 g/mol. The van der Waals surface area contributed by atoms with Crippen LogP contribution in [0.2, 0.25) is 0 Å². The molecule has 0 fully saturated rings. The largest absolute Gasteiger partial charge is 0.347 e. The molecule has 0 bridgehead atoms. The minimum atomic E-state index is 0.400. The molecule has 0 aliphatic heterocycles. The highest BCUT2D eigenvalue weighted by Gasteiger charge is 2.15. The summed E-state index contributed by atoms with van der Waals surface area (Å²) in [5.74, 6) is 1.55. The van der Waals surface area contributed by atoms with Gasteiger partial charge in [-0.15, -0.1) is 0 Å². The highest BCUT2D eigenvalue weighted by molar-refractivity contribution is 5.80. The molecule has 0 saturated carbocycles. The number of anilines is 1. The van der Waals surface area contributed by atoms with E-state index < -0.39 is 0 Å². The molecule has 120 valence electrons. The third kappa shape index (κ3) is 2.37. The Hall–Kier alpha value is -3.29. The first-order valence-electron chi connectivity index (χ1n) is 7.40. The number of imidazole rings is 1. The van der Waals surface area contributed by atoms with Gasteiger partial charge in [0.05, 0.1) is 28.6 Å². The molecule has 4 rings (SSSR count). The van der Waals surface area contributed by atoms with E-state index in [9.17, 15) is 0 Å². The molecule has 3 aromatic heterocycles. The van der Waals surface area contributed by atoms with Crippen molar-refractivity contribution in [3.05, 3.63) is 36.4 Å². The highest BCUT2D eigenvalue weighted by Crippen LogP contribution is 2.25. The zero-order valence-electron chi connectivity index (χ0n) is 13.5. The van der Waals surface area contributed by atoms with E-state index in [2.05, 4.69) is 30.1 Å². The van der Waals surface area contributed by atoms with Crippen LogP contribution in [-0.2, 0) is 0 Å². The van der Waals surface area contributed by atoms with E-state index in [1.54, 1.807) is 12.5 Å². The van der Waals surface area contributed by atoms with Crippen molar-refractivity contribution in [1.82, 2.24) is 30.1 Å². The van der Waals surface area contributed by atoms with Gasteiger partial charge in [-0.3, -0.25) is 0 Å². The molecule has 1 aromatic carbocycles. The van der Waals surface area contributed by atoms with Crippen LogP contribution in [0.5, 0.6) is 0 Å². The fourth-order valence-electron chi connectivity index (χ4n) is 2.41. The van der Waals surface area contributed by atoms with Gasteiger partial charge < -0.3 is 14.4 Å². The second-order valence-electron chi connectivity index (χ2n) is 5.62. The van der Waals surface area contributed by atoms with E-state index in [0.29, 0.717) is 17.7 Å². The van der Waals surface area contributed by atoms with Crippen LogP contribution in [0.25, 0.3) is 33.9 Å². The lowest BCUT2D eigenvalue weighted by Gasteiger charge is -2.10. The van der Waals surface area contributed by atoms with Gasteiger partial charge in [0.2, 0.25) is 11.8 Å². The molecule has 0 spiro atoms. The van der Waals surface area contributed by atoms with Crippen LogP contribution in [0.15, 0.2) is 35.2 Å². The van der Waals surface area contributed by atoms with Crippen LogP contribution in [0.3, 0.4) is 0 Å². The van der Waals surface area contributed by atoms with Crippen LogP contribution >= 0.6 is 0 Å². The normalized spacial score (nSPS) is 11.1. The summed E-state index contributed by atoms with van der Waals surface area (Å²) in [6, 6.07) is 5.77. The van der Waals surface area contributed by atoms with E-state index in [4.69, 9.17) is 4.52 Å². The van der Waals surface area contributed by atoms with E-state index in [1.807, 2.05) is 44.1 Å². The Morgan fingerprint density at radius 3 is 2.79 bits per heavy atom. The van der Waals surface area contributed by atoms with Gasteiger partial charge in [0.15, 0.2) is 0 Å². The predicted molar refractivity (Wildman–Crippen MR) is 89.5 cm³/mol. The third-order valence-electron chi connectivity index (χ3n) is 3.70. The van der Waals surface area contributed by atoms with Gasteiger partial charge in [-0.1, -0.05) is 5.16 Å². The van der Waals surface area contributed by atoms with E-state index >= 15 is 0 Å². The van der Waals surface area contributed by atoms with Gasteiger partial charge in [-0.2, -0.15) is 4.98 Å². The van der Waals surface area contributed by atoms with Crippen molar-refractivity contribution in [3.63, 3.8) is 0 Å². The maximum Gasteiger partial charge on any atom is 0.261 e. The minimum absolute atomic E-state index is 0.400. The highest BCUT2D eigenvalue weighted by atomic mass is 16.5. The number of fused-ring (bicyclic) bond motifs is 1. The molecule has 4 aromatic rings. The topological polar surface area (TPSA) is 96.6 Å². The second kappa shape index (κ2) is 5.41. The average Bonchev–Trinajstić information content (AvgIpc) is 3.23. The number of aryl methyl sites for hydroxylation is 1. The van der Waals surface area contributed by atoms with Gasteiger partial charge >= 0.3 is 0 Å². The Morgan fingerprint density at radius 2 is 2.00 bits per heavy atom. The number of hydrogen-bond acceptors (Lipinski definition) is 7. The molecule has 0 unspecified atom stereocenters. The van der Waals surface area contributed by atoms with Gasteiger partial charge in [0.1, 0.15) is 0 Å². The maximum absolute atomic E-state index is 5.40. The number of rotatable bonds is 3. The molecule has 8 nitrogen and oxygen atoms in total. The van der Waals surface area contributed by atoms with Crippen LogP contribution in [0.4, 0.5) is 5.95 Å². The average molecular weight is 321 g/mol. The van der Waals surface area contributed by atoms with Gasteiger partial charge in [0, 0.05) is 25.9 Å². The van der Waals surface area contributed by atoms with Crippen molar-refractivity contribution in [3.8, 4) is 22.8 Å². The third-order valence-corrected chi connectivity index (χ3v) is 3.70.